The van der Waals surface area contributed by atoms with E-state index in [-0.39, 0.29) is 18.5 Å². The summed E-state index contributed by atoms with van der Waals surface area (Å²) in [5, 5.41) is 13.8. The van der Waals surface area contributed by atoms with E-state index in [1.807, 2.05) is 6.92 Å². The molecule has 0 aliphatic heterocycles. The highest BCUT2D eigenvalue weighted by atomic mass is 16.5. The average molecular weight is 218 g/mol. The van der Waals surface area contributed by atoms with Crippen molar-refractivity contribution in [2.75, 3.05) is 20.3 Å². The third kappa shape index (κ3) is 6.87. The van der Waals surface area contributed by atoms with E-state index in [0.717, 1.165) is 0 Å². The zero-order valence-electron chi connectivity index (χ0n) is 9.24. The minimum absolute atomic E-state index is 0.0124. The largest absolute Gasteiger partial charge is 0.480 e. The molecule has 2 atom stereocenters. The summed E-state index contributed by atoms with van der Waals surface area (Å²) in [5.41, 5.74) is 0. The summed E-state index contributed by atoms with van der Waals surface area (Å²) in [7, 11) is 1.55. The molecule has 0 saturated heterocycles. The van der Waals surface area contributed by atoms with Crippen molar-refractivity contribution >= 4 is 11.9 Å². The molecule has 0 heterocycles. The van der Waals surface area contributed by atoms with Gasteiger partial charge >= 0.3 is 5.97 Å². The Morgan fingerprint density at radius 2 is 2.00 bits per heavy atom. The standard InChI is InChI=1S/C9H18N2O4/c1-6(5-15-3)11-8(12)4-10-7(2)9(13)14/h6-7,10H,4-5H2,1-3H3,(H,11,12)(H,13,14). The van der Waals surface area contributed by atoms with Crippen LogP contribution >= 0.6 is 0 Å². The van der Waals surface area contributed by atoms with Crippen LogP contribution in [0, 0.1) is 0 Å². The second-order valence-corrected chi connectivity index (χ2v) is 3.36. The Hall–Kier alpha value is -1.14. The molecule has 0 spiro atoms. The molecule has 2 unspecified atom stereocenters. The molecule has 0 radical (unpaired) electrons. The van der Waals surface area contributed by atoms with Crippen molar-refractivity contribution in [1.29, 1.82) is 0 Å². The normalized spacial score (nSPS) is 14.3. The summed E-state index contributed by atoms with van der Waals surface area (Å²) < 4.78 is 4.84. The molecule has 6 heteroatoms. The molecular formula is C9H18N2O4. The molecule has 15 heavy (non-hydrogen) atoms. The molecular weight excluding hydrogens is 200 g/mol. The fourth-order valence-corrected chi connectivity index (χ4v) is 0.951. The number of hydrogen-bond acceptors (Lipinski definition) is 4. The molecule has 0 saturated carbocycles. The predicted octanol–water partition coefficient (Wildman–Crippen LogP) is -0.800. The second kappa shape index (κ2) is 7.19. The van der Waals surface area contributed by atoms with Gasteiger partial charge in [0.15, 0.2) is 0 Å². The average Bonchev–Trinajstić information content (AvgIpc) is 2.14. The van der Waals surface area contributed by atoms with Gasteiger partial charge in [0.1, 0.15) is 6.04 Å². The Bertz CT molecular complexity index is 220. The molecule has 1 amide bonds. The third-order valence-electron chi connectivity index (χ3n) is 1.76. The highest BCUT2D eigenvalue weighted by Crippen LogP contribution is 1.83. The molecule has 3 N–H and O–H groups in total. The minimum atomic E-state index is -0.979. The van der Waals surface area contributed by atoms with Gasteiger partial charge in [-0.05, 0) is 13.8 Å². The van der Waals surface area contributed by atoms with Crippen molar-refractivity contribution in [3.05, 3.63) is 0 Å². The number of amides is 1. The van der Waals surface area contributed by atoms with E-state index >= 15 is 0 Å². The molecule has 0 aromatic heterocycles. The predicted molar refractivity (Wildman–Crippen MR) is 54.6 cm³/mol. The quantitative estimate of drug-likeness (QED) is 0.520. The molecule has 0 aromatic carbocycles. The van der Waals surface area contributed by atoms with E-state index in [1.165, 1.54) is 6.92 Å². The fourth-order valence-electron chi connectivity index (χ4n) is 0.951. The van der Waals surface area contributed by atoms with Gasteiger partial charge in [-0.25, -0.2) is 0 Å². The first-order chi connectivity index (χ1) is 6.97. The summed E-state index contributed by atoms with van der Waals surface area (Å²) in [6, 6.07) is -0.807. The van der Waals surface area contributed by atoms with Crippen LogP contribution in [0.3, 0.4) is 0 Å². The van der Waals surface area contributed by atoms with Gasteiger partial charge in [-0.2, -0.15) is 0 Å². The van der Waals surface area contributed by atoms with Gasteiger partial charge in [0.05, 0.1) is 13.2 Å². The molecule has 0 aliphatic carbocycles. The van der Waals surface area contributed by atoms with Gasteiger partial charge in [0.25, 0.3) is 0 Å². The van der Waals surface area contributed by atoms with Crippen molar-refractivity contribution in [2.24, 2.45) is 0 Å². The summed E-state index contributed by atoms with van der Waals surface area (Å²) in [6.07, 6.45) is 0. The molecule has 0 aliphatic rings. The highest BCUT2D eigenvalue weighted by molar-refractivity contribution is 5.79. The minimum Gasteiger partial charge on any atom is -0.480 e. The zero-order chi connectivity index (χ0) is 11.8. The Balaban J connectivity index is 3.70. The number of hydrogen-bond donors (Lipinski definition) is 3. The first-order valence-corrected chi connectivity index (χ1v) is 4.71. The van der Waals surface area contributed by atoms with Crippen molar-refractivity contribution in [2.45, 2.75) is 25.9 Å². The van der Waals surface area contributed by atoms with Crippen LogP contribution in [0.4, 0.5) is 0 Å². The summed E-state index contributed by atoms with van der Waals surface area (Å²) >= 11 is 0. The lowest BCUT2D eigenvalue weighted by Crippen LogP contribution is -2.44. The Kier molecular flexibility index (Phi) is 6.64. The summed E-state index contributed by atoms with van der Waals surface area (Å²) in [5.74, 6) is -1.22. The molecule has 6 nitrogen and oxygen atoms in total. The number of carboxylic acid groups (broad SMARTS) is 1. The van der Waals surface area contributed by atoms with Crippen LogP contribution in [0.15, 0.2) is 0 Å². The summed E-state index contributed by atoms with van der Waals surface area (Å²) in [6.45, 7) is 3.71. The van der Waals surface area contributed by atoms with Gasteiger partial charge < -0.3 is 15.2 Å². The maximum Gasteiger partial charge on any atom is 0.320 e. The number of nitrogens with one attached hydrogen (secondary N) is 2. The fraction of sp³-hybridized carbons (Fsp3) is 0.778. The lowest BCUT2D eigenvalue weighted by atomic mass is 10.3. The topological polar surface area (TPSA) is 87.7 Å². The van der Waals surface area contributed by atoms with Gasteiger partial charge in [-0.1, -0.05) is 0 Å². The van der Waals surface area contributed by atoms with Gasteiger partial charge in [-0.15, -0.1) is 0 Å². The molecule has 88 valence electrons. The van der Waals surface area contributed by atoms with Crippen LogP contribution in [-0.4, -0.2) is 49.3 Å². The first kappa shape index (κ1) is 13.9. The lowest BCUT2D eigenvalue weighted by molar-refractivity contribution is -0.139. The number of carboxylic acids is 1. The van der Waals surface area contributed by atoms with Crippen LogP contribution < -0.4 is 10.6 Å². The number of methoxy groups -OCH3 is 1. The van der Waals surface area contributed by atoms with E-state index in [4.69, 9.17) is 9.84 Å². The van der Waals surface area contributed by atoms with Gasteiger partial charge in [0.2, 0.25) is 5.91 Å². The van der Waals surface area contributed by atoms with Crippen molar-refractivity contribution in [3.63, 3.8) is 0 Å². The van der Waals surface area contributed by atoms with Crippen LogP contribution in [0.5, 0.6) is 0 Å². The number of aliphatic carboxylic acids is 1. The Labute approximate surface area is 89.0 Å². The van der Waals surface area contributed by atoms with Crippen LogP contribution in [0.25, 0.3) is 0 Å². The van der Waals surface area contributed by atoms with E-state index in [9.17, 15) is 9.59 Å². The van der Waals surface area contributed by atoms with E-state index in [0.29, 0.717) is 6.61 Å². The lowest BCUT2D eigenvalue weighted by Gasteiger charge is -2.14. The SMILES string of the molecule is COCC(C)NC(=O)CNC(C)C(=O)O. The van der Waals surface area contributed by atoms with Gasteiger partial charge in [0, 0.05) is 13.2 Å². The monoisotopic (exact) mass is 218 g/mol. The third-order valence-corrected chi connectivity index (χ3v) is 1.76. The number of rotatable bonds is 7. The van der Waals surface area contributed by atoms with Crippen molar-refractivity contribution < 1.29 is 19.4 Å². The maximum absolute atomic E-state index is 11.2. The van der Waals surface area contributed by atoms with E-state index in [2.05, 4.69) is 10.6 Å². The second-order valence-electron chi connectivity index (χ2n) is 3.36. The first-order valence-electron chi connectivity index (χ1n) is 4.71. The van der Waals surface area contributed by atoms with Crippen LogP contribution in [-0.2, 0) is 14.3 Å². The van der Waals surface area contributed by atoms with E-state index < -0.39 is 12.0 Å². The van der Waals surface area contributed by atoms with E-state index in [1.54, 1.807) is 7.11 Å². The molecule has 0 rings (SSSR count). The Morgan fingerprint density at radius 3 is 2.47 bits per heavy atom. The maximum atomic E-state index is 11.2. The van der Waals surface area contributed by atoms with Crippen molar-refractivity contribution in [3.8, 4) is 0 Å². The molecule has 0 bridgehead atoms. The number of carbonyl (C=O) groups excluding carboxylic acids is 1. The number of ether oxygens (including phenoxy) is 1. The smallest absolute Gasteiger partial charge is 0.320 e. The molecule has 0 aromatic rings. The highest BCUT2D eigenvalue weighted by Gasteiger charge is 2.12. The number of carbonyl (C=O) groups is 2. The Morgan fingerprint density at radius 1 is 1.40 bits per heavy atom. The molecule has 0 fully saturated rings. The summed E-state index contributed by atoms with van der Waals surface area (Å²) in [4.78, 5) is 21.7. The zero-order valence-corrected chi connectivity index (χ0v) is 9.24. The van der Waals surface area contributed by atoms with Crippen LogP contribution in [0.2, 0.25) is 0 Å². The van der Waals surface area contributed by atoms with Crippen LogP contribution in [0.1, 0.15) is 13.8 Å². The van der Waals surface area contributed by atoms with Crippen molar-refractivity contribution in [1.82, 2.24) is 10.6 Å². The van der Waals surface area contributed by atoms with Gasteiger partial charge in [-0.3, -0.25) is 14.9 Å².